The summed E-state index contributed by atoms with van der Waals surface area (Å²) in [6.45, 7) is 0. The van der Waals surface area contributed by atoms with Gasteiger partial charge in [-0.3, -0.25) is 4.98 Å². The second kappa shape index (κ2) is 4.17. The van der Waals surface area contributed by atoms with Crippen molar-refractivity contribution in [1.82, 2.24) is 4.98 Å². The normalized spacial score (nSPS) is 39.7. The number of ether oxygens (including phenoxy) is 1. The minimum atomic E-state index is -0.0176. The first-order valence-corrected chi connectivity index (χ1v) is 9.07. The molecule has 4 fully saturated rings. The van der Waals surface area contributed by atoms with Crippen molar-refractivity contribution in [2.45, 2.75) is 37.7 Å². The minimum absolute atomic E-state index is 0.0176. The van der Waals surface area contributed by atoms with Crippen LogP contribution in [0.15, 0.2) is 36.5 Å². The molecule has 23 heavy (non-hydrogen) atoms. The number of rotatable bonds is 0. The van der Waals surface area contributed by atoms with E-state index in [4.69, 9.17) is 4.74 Å². The zero-order valence-electron chi connectivity index (χ0n) is 13.2. The Balaban J connectivity index is 1.48. The predicted octanol–water partition coefficient (Wildman–Crippen LogP) is 4.84. The van der Waals surface area contributed by atoms with Crippen LogP contribution in [0.1, 0.15) is 37.7 Å². The maximum Gasteiger partial charge on any atom is 0.133 e. The van der Waals surface area contributed by atoms with Crippen LogP contribution in [0, 0.1) is 23.7 Å². The highest BCUT2D eigenvalue weighted by Crippen LogP contribution is 2.61. The first-order chi connectivity index (χ1) is 11.3. The van der Waals surface area contributed by atoms with Gasteiger partial charge < -0.3 is 4.74 Å². The molecular formula is C21H21NO. The number of aromatic nitrogens is 1. The summed E-state index contributed by atoms with van der Waals surface area (Å²) in [4.78, 5) is 4.48. The Morgan fingerprint density at radius 2 is 1.78 bits per heavy atom. The molecule has 0 amide bonds. The summed E-state index contributed by atoms with van der Waals surface area (Å²) in [5, 5.41) is 1.18. The Hall–Kier alpha value is -1.83. The van der Waals surface area contributed by atoms with Crippen molar-refractivity contribution in [3.8, 4) is 5.75 Å². The third kappa shape index (κ3) is 1.62. The van der Waals surface area contributed by atoms with E-state index in [9.17, 15) is 0 Å². The van der Waals surface area contributed by atoms with Gasteiger partial charge in [-0.25, -0.2) is 0 Å². The molecule has 4 aliphatic carbocycles. The van der Waals surface area contributed by atoms with Gasteiger partial charge in [-0.05, 0) is 68.2 Å². The van der Waals surface area contributed by atoms with Crippen LogP contribution < -0.4 is 4.74 Å². The molecule has 5 aliphatic rings. The number of fused-ring (bicyclic) bond motifs is 2. The molecule has 1 aliphatic heterocycles. The van der Waals surface area contributed by atoms with Crippen LogP contribution in [-0.4, -0.2) is 10.6 Å². The van der Waals surface area contributed by atoms with Gasteiger partial charge in [0.1, 0.15) is 11.4 Å². The van der Waals surface area contributed by atoms with E-state index in [0.717, 1.165) is 34.9 Å². The lowest BCUT2D eigenvalue weighted by atomic mass is 9.49. The van der Waals surface area contributed by atoms with Gasteiger partial charge in [0.25, 0.3) is 0 Å². The van der Waals surface area contributed by atoms with Crippen LogP contribution in [0.4, 0.5) is 0 Å². The van der Waals surface area contributed by atoms with Crippen molar-refractivity contribution in [3.05, 3.63) is 42.1 Å². The Bertz CT molecular complexity index is 809. The van der Waals surface area contributed by atoms with Crippen LogP contribution in [0.2, 0.25) is 0 Å². The molecule has 116 valence electrons. The molecule has 2 heterocycles. The summed E-state index contributed by atoms with van der Waals surface area (Å²) in [7, 11) is 0. The molecule has 0 atom stereocenters. The zero-order valence-corrected chi connectivity index (χ0v) is 13.2. The maximum absolute atomic E-state index is 6.79. The summed E-state index contributed by atoms with van der Waals surface area (Å²) in [6, 6.07) is 8.51. The first kappa shape index (κ1) is 12.6. The lowest BCUT2D eigenvalue weighted by molar-refractivity contribution is -0.128. The Labute approximate surface area is 136 Å². The average Bonchev–Trinajstić information content (AvgIpc) is 2.57. The lowest BCUT2D eigenvalue weighted by Gasteiger charge is -2.60. The van der Waals surface area contributed by atoms with Crippen LogP contribution in [0.3, 0.4) is 0 Å². The van der Waals surface area contributed by atoms with Crippen molar-refractivity contribution in [2.75, 3.05) is 0 Å². The molecule has 0 N–H and O–H groups in total. The number of hydrogen-bond acceptors (Lipinski definition) is 2. The first-order valence-electron chi connectivity index (χ1n) is 9.07. The second-order valence-electron chi connectivity index (χ2n) is 8.18. The quantitative estimate of drug-likeness (QED) is 0.695. The molecule has 7 rings (SSSR count). The number of benzene rings is 1. The SMILES string of the molecule is C1=CC2(Oc3cc4cccnc4cc31)C1CC3CC(C1)CC2C3. The van der Waals surface area contributed by atoms with Gasteiger partial charge in [-0.1, -0.05) is 12.1 Å². The summed E-state index contributed by atoms with van der Waals surface area (Å²) < 4.78 is 6.79. The lowest BCUT2D eigenvalue weighted by Crippen LogP contribution is -2.60. The molecule has 4 saturated carbocycles. The van der Waals surface area contributed by atoms with Gasteiger partial charge in [0.2, 0.25) is 0 Å². The van der Waals surface area contributed by atoms with Gasteiger partial charge in [-0.2, -0.15) is 0 Å². The predicted molar refractivity (Wildman–Crippen MR) is 91.2 cm³/mol. The molecule has 2 nitrogen and oxygen atoms in total. The molecule has 2 aromatic rings. The van der Waals surface area contributed by atoms with E-state index >= 15 is 0 Å². The van der Waals surface area contributed by atoms with Crippen LogP contribution in [0.25, 0.3) is 17.0 Å². The van der Waals surface area contributed by atoms with Gasteiger partial charge >= 0.3 is 0 Å². The van der Waals surface area contributed by atoms with Crippen LogP contribution in [0.5, 0.6) is 5.75 Å². The van der Waals surface area contributed by atoms with E-state index in [1.54, 1.807) is 0 Å². The van der Waals surface area contributed by atoms with Crippen molar-refractivity contribution in [3.63, 3.8) is 0 Å². The van der Waals surface area contributed by atoms with Crippen molar-refractivity contribution < 1.29 is 4.74 Å². The molecule has 1 spiro atoms. The smallest absolute Gasteiger partial charge is 0.133 e. The van der Waals surface area contributed by atoms with E-state index in [1.807, 2.05) is 12.3 Å². The second-order valence-corrected chi connectivity index (χ2v) is 8.18. The number of pyridine rings is 1. The van der Waals surface area contributed by atoms with E-state index in [-0.39, 0.29) is 5.60 Å². The Morgan fingerprint density at radius 3 is 2.57 bits per heavy atom. The topological polar surface area (TPSA) is 22.1 Å². The summed E-state index contributed by atoms with van der Waals surface area (Å²) in [5.41, 5.74) is 2.23. The molecule has 0 saturated heterocycles. The molecule has 4 bridgehead atoms. The van der Waals surface area contributed by atoms with Gasteiger partial charge in [0.15, 0.2) is 0 Å². The molecule has 1 aromatic heterocycles. The molecule has 0 unspecified atom stereocenters. The fourth-order valence-corrected chi connectivity index (χ4v) is 6.14. The van der Waals surface area contributed by atoms with E-state index in [0.29, 0.717) is 0 Å². The molecule has 0 radical (unpaired) electrons. The molecular weight excluding hydrogens is 282 g/mol. The standard InChI is InChI=1S/C21H21NO/c1-2-15-12-20-16(11-19(15)22-5-1)3-4-21(23-20)17-7-13-6-14(9-17)10-18(21)8-13/h1-5,11-14,17-18H,6-10H2. The fraction of sp³-hybridized carbons (Fsp3) is 0.476. The van der Waals surface area contributed by atoms with E-state index in [1.165, 1.54) is 43.1 Å². The third-order valence-electron chi connectivity index (χ3n) is 6.96. The molecule has 1 aromatic carbocycles. The highest BCUT2D eigenvalue weighted by molar-refractivity contribution is 5.84. The minimum Gasteiger partial charge on any atom is -0.482 e. The number of hydrogen-bond donors (Lipinski definition) is 0. The van der Waals surface area contributed by atoms with Crippen molar-refractivity contribution in [2.24, 2.45) is 23.7 Å². The monoisotopic (exact) mass is 303 g/mol. The van der Waals surface area contributed by atoms with E-state index in [2.05, 4.69) is 35.3 Å². The Kier molecular flexibility index (Phi) is 2.28. The van der Waals surface area contributed by atoms with Crippen LogP contribution in [-0.2, 0) is 0 Å². The Morgan fingerprint density at radius 1 is 1.00 bits per heavy atom. The summed E-state index contributed by atoms with van der Waals surface area (Å²) in [5.74, 6) is 4.48. The zero-order chi connectivity index (χ0) is 15.0. The highest BCUT2D eigenvalue weighted by Gasteiger charge is 2.58. The fourth-order valence-electron chi connectivity index (χ4n) is 6.14. The maximum atomic E-state index is 6.79. The van der Waals surface area contributed by atoms with Gasteiger partial charge in [0.05, 0.1) is 5.52 Å². The largest absolute Gasteiger partial charge is 0.482 e. The third-order valence-corrected chi connectivity index (χ3v) is 6.96. The van der Waals surface area contributed by atoms with Gasteiger partial charge in [0, 0.05) is 29.0 Å². The van der Waals surface area contributed by atoms with E-state index < -0.39 is 0 Å². The highest BCUT2D eigenvalue weighted by atomic mass is 16.5. The summed E-state index contributed by atoms with van der Waals surface area (Å²) >= 11 is 0. The number of nitrogens with zero attached hydrogens (tertiary/aromatic N) is 1. The average molecular weight is 303 g/mol. The van der Waals surface area contributed by atoms with Crippen molar-refractivity contribution >= 4 is 17.0 Å². The molecule has 2 heteroatoms. The van der Waals surface area contributed by atoms with Gasteiger partial charge in [-0.15, -0.1) is 0 Å². The van der Waals surface area contributed by atoms with Crippen LogP contribution >= 0.6 is 0 Å². The summed E-state index contributed by atoms with van der Waals surface area (Å²) in [6.07, 6.45) is 13.6. The van der Waals surface area contributed by atoms with Crippen molar-refractivity contribution in [1.29, 1.82) is 0 Å².